The van der Waals surface area contributed by atoms with Gasteiger partial charge >= 0.3 is 0 Å². The number of hydrogen-bond donors (Lipinski definition) is 0. The van der Waals surface area contributed by atoms with Gasteiger partial charge in [0.05, 0.1) is 0 Å². The second kappa shape index (κ2) is 4.46. The first kappa shape index (κ1) is 10.6. The van der Waals surface area contributed by atoms with E-state index in [9.17, 15) is 4.39 Å². The summed E-state index contributed by atoms with van der Waals surface area (Å²) in [4.78, 5) is 6.79. The van der Waals surface area contributed by atoms with Gasteiger partial charge in [-0.15, -0.1) is 0 Å². The van der Waals surface area contributed by atoms with E-state index in [0.29, 0.717) is 0 Å². The van der Waals surface area contributed by atoms with E-state index in [1.54, 1.807) is 12.1 Å². The predicted molar refractivity (Wildman–Crippen MR) is 41.0 cm³/mol. The minimum atomic E-state index is -0.238. The zero-order valence-electron chi connectivity index (χ0n) is 6.24. The molecule has 6 heteroatoms. The van der Waals surface area contributed by atoms with Crippen molar-refractivity contribution in [1.82, 2.24) is 0 Å². The number of aliphatic imine (C=N–C) groups is 2. The fraction of sp³-hybridized carbons (Fsp3) is 0. The van der Waals surface area contributed by atoms with Crippen molar-refractivity contribution in [2.45, 2.75) is 0 Å². The summed E-state index contributed by atoms with van der Waals surface area (Å²) in [6.07, 6.45) is 0.141. The number of nitrogens with zero attached hydrogens (tertiary/aromatic N) is 4. The number of rotatable bonds is 0. The van der Waals surface area contributed by atoms with Crippen LogP contribution in [0.3, 0.4) is 0 Å². The van der Waals surface area contributed by atoms with Crippen LogP contribution in [-0.4, -0.2) is 30.3 Å². The quantitative estimate of drug-likeness (QED) is 0.472. The molecule has 0 N–H and O–H groups in total. The smallest absolute Gasteiger partial charge is 0.183 e. The Bertz CT molecular complexity index is 323. The molecule has 0 bridgehead atoms. The Morgan fingerprint density at radius 2 is 1.58 bits per heavy atom. The van der Waals surface area contributed by atoms with Crippen LogP contribution in [0.1, 0.15) is 0 Å². The van der Waals surface area contributed by atoms with Gasteiger partial charge in [-0.25, -0.2) is 14.4 Å². The molecule has 1 aliphatic rings. The third kappa shape index (κ3) is 1.80. The van der Waals surface area contributed by atoms with E-state index >= 15 is 0 Å². The molecule has 0 atom stereocenters. The molecule has 12 heavy (non-hydrogen) atoms. The van der Waals surface area contributed by atoms with Crippen molar-refractivity contribution in [2.24, 2.45) is 9.98 Å². The molecule has 1 rings (SSSR count). The van der Waals surface area contributed by atoms with Gasteiger partial charge in [-0.05, 0) is 0 Å². The van der Waals surface area contributed by atoms with Crippen LogP contribution >= 0.6 is 0 Å². The Balaban J connectivity index is 0.00000121. The molecule has 0 aromatic rings. The minimum Gasteiger partial charge on any atom is -0.212 e. The Morgan fingerprint density at radius 1 is 1.17 bits per heavy atom. The summed E-state index contributed by atoms with van der Waals surface area (Å²) in [6.45, 7) is 0. The van der Waals surface area contributed by atoms with Crippen LogP contribution in [0.2, 0.25) is 0 Å². The summed E-state index contributed by atoms with van der Waals surface area (Å²) in [5, 5.41) is 16.6. The Kier molecular flexibility index (Phi) is 3.94. The first-order valence-electron chi connectivity index (χ1n) is 2.60. The third-order valence-electron chi connectivity index (χ3n) is 0.986. The molecule has 1 aliphatic heterocycles. The maximum atomic E-state index is 11.7. The maximum absolute atomic E-state index is 11.7. The van der Waals surface area contributed by atoms with Crippen molar-refractivity contribution in [3.8, 4) is 12.1 Å². The average molecular weight is 155 g/mol. The van der Waals surface area contributed by atoms with Gasteiger partial charge in [-0.2, -0.15) is 10.5 Å². The SMILES string of the molecule is N#CC1=NC(=CF)N=C1C#N.[Li]. The van der Waals surface area contributed by atoms with Crippen molar-refractivity contribution in [3.05, 3.63) is 12.2 Å². The molecule has 0 spiro atoms. The zero-order valence-corrected chi connectivity index (χ0v) is 6.24. The summed E-state index contributed by atoms with van der Waals surface area (Å²) >= 11 is 0. The average Bonchev–Trinajstić information content (AvgIpc) is 2.46. The standard InChI is InChI=1S/C6HFN4.Li/c7-1-6-10-4(2-8)5(3-9)11-6;/h1H;. The van der Waals surface area contributed by atoms with E-state index in [0.717, 1.165) is 0 Å². The van der Waals surface area contributed by atoms with Crippen molar-refractivity contribution in [3.63, 3.8) is 0 Å². The third-order valence-corrected chi connectivity index (χ3v) is 0.986. The summed E-state index contributed by atoms with van der Waals surface area (Å²) in [5.41, 5.74) is -0.284. The van der Waals surface area contributed by atoms with Gasteiger partial charge in [-0.1, -0.05) is 0 Å². The van der Waals surface area contributed by atoms with Gasteiger partial charge < -0.3 is 0 Å². The molecule has 0 aromatic heterocycles. The summed E-state index contributed by atoms with van der Waals surface area (Å²) < 4.78 is 11.7. The van der Waals surface area contributed by atoms with Gasteiger partial charge in [0.1, 0.15) is 18.5 Å². The van der Waals surface area contributed by atoms with Crippen LogP contribution in [0.25, 0.3) is 0 Å². The molecule has 0 saturated heterocycles. The monoisotopic (exact) mass is 155 g/mol. The van der Waals surface area contributed by atoms with E-state index in [4.69, 9.17) is 10.5 Å². The van der Waals surface area contributed by atoms with E-state index in [1.165, 1.54) is 0 Å². The van der Waals surface area contributed by atoms with E-state index in [1.807, 2.05) is 0 Å². The van der Waals surface area contributed by atoms with Crippen LogP contribution in [0.15, 0.2) is 22.1 Å². The molecule has 0 fully saturated rings. The Hall–Kier alpha value is -1.41. The fourth-order valence-electron chi connectivity index (χ4n) is 0.565. The van der Waals surface area contributed by atoms with E-state index in [2.05, 4.69) is 9.98 Å². The number of halogens is 1. The van der Waals surface area contributed by atoms with Crippen LogP contribution in [-0.2, 0) is 0 Å². The maximum Gasteiger partial charge on any atom is 0.183 e. The van der Waals surface area contributed by atoms with Gasteiger partial charge in [0.25, 0.3) is 0 Å². The molecule has 53 valence electrons. The molecule has 0 unspecified atom stereocenters. The second-order valence-corrected chi connectivity index (χ2v) is 1.61. The molecular formula is C6HFLiN4. The Labute approximate surface area is 79.9 Å². The van der Waals surface area contributed by atoms with Crippen molar-refractivity contribution < 1.29 is 4.39 Å². The summed E-state index contributed by atoms with van der Waals surface area (Å²) in [5.74, 6) is -0.238. The van der Waals surface area contributed by atoms with Crippen LogP contribution in [0.4, 0.5) is 4.39 Å². The first-order valence-corrected chi connectivity index (χ1v) is 2.60. The minimum absolute atomic E-state index is 0. The summed E-state index contributed by atoms with van der Waals surface area (Å²) in [7, 11) is 0. The molecule has 0 amide bonds. The summed E-state index contributed by atoms with van der Waals surface area (Å²) in [6, 6.07) is 3.24. The van der Waals surface area contributed by atoms with E-state index < -0.39 is 0 Å². The van der Waals surface area contributed by atoms with Crippen LogP contribution in [0.5, 0.6) is 0 Å². The molecule has 0 saturated carbocycles. The Morgan fingerprint density at radius 3 is 1.83 bits per heavy atom. The zero-order chi connectivity index (χ0) is 8.27. The largest absolute Gasteiger partial charge is 0.212 e. The second-order valence-electron chi connectivity index (χ2n) is 1.61. The molecule has 0 aromatic carbocycles. The predicted octanol–water partition coefficient (Wildman–Crippen LogP) is 0.317. The molecule has 1 heterocycles. The molecule has 1 radical (unpaired) electrons. The number of hydrogen-bond acceptors (Lipinski definition) is 4. The van der Waals surface area contributed by atoms with Crippen molar-refractivity contribution in [1.29, 1.82) is 10.5 Å². The van der Waals surface area contributed by atoms with Gasteiger partial charge in [0.15, 0.2) is 17.2 Å². The first-order chi connectivity index (χ1) is 5.31. The van der Waals surface area contributed by atoms with Gasteiger partial charge in [0.2, 0.25) is 0 Å². The molecule has 4 nitrogen and oxygen atoms in total. The van der Waals surface area contributed by atoms with Crippen molar-refractivity contribution in [2.75, 3.05) is 0 Å². The van der Waals surface area contributed by atoms with Gasteiger partial charge in [-0.3, -0.25) is 0 Å². The van der Waals surface area contributed by atoms with Gasteiger partial charge in [0, 0.05) is 18.9 Å². The normalized spacial score (nSPS) is 13.4. The molecular weight excluding hydrogens is 154 g/mol. The van der Waals surface area contributed by atoms with E-state index in [-0.39, 0.29) is 42.4 Å². The van der Waals surface area contributed by atoms with Crippen LogP contribution in [0, 0.1) is 22.7 Å². The topological polar surface area (TPSA) is 72.3 Å². The molecule has 0 aliphatic carbocycles. The van der Waals surface area contributed by atoms with Crippen LogP contribution < -0.4 is 0 Å². The fourth-order valence-corrected chi connectivity index (χ4v) is 0.565. The van der Waals surface area contributed by atoms with Crippen molar-refractivity contribution >= 4 is 30.3 Å². The number of nitriles is 2.